The van der Waals surface area contributed by atoms with Crippen molar-refractivity contribution in [3.63, 3.8) is 0 Å². The van der Waals surface area contributed by atoms with E-state index >= 15 is 0 Å². The maximum absolute atomic E-state index is 12.1. The van der Waals surface area contributed by atoms with Gasteiger partial charge < -0.3 is 20.1 Å². The SMILES string of the molecule is CN=C(NCCS(=O)(=O)NCC1CCCCO1)NCC(C)Oc1ccc(Cl)cc1. The third-order valence-electron chi connectivity index (χ3n) is 4.40. The third kappa shape index (κ3) is 9.66. The Balaban J connectivity index is 1.65. The van der Waals surface area contributed by atoms with Gasteiger partial charge in [-0.25, -0.2) is 13.1 Å². The van der Waals surface area contributed by atoms with E-state index in [2.05, 4.69) is 20.3 Å². The van der Waals surface area contributed by atoms with E-state index in [-0.39, 0.29) is 24.5 Å². The fourth-order valence-corrected chi connectivity index (χ4v) is 3.89. The second-order valence-corrected chi connectivity index (χ2v) is 9.28. The molecule has 10 heteroatoms. The molecule has 1 aliphatic heterocycles. The van der Waals surface area contributed by atoms with Gasteiger partial charge in [-0.1, -0.05) is 11.6 Å². The van der Waals surface area contributed by atoms with Gasteiger partial charge in [-0.3, -0.25) is 4.99 Å². The number of ether oxygens (including phenoxy) is 2. The van der Waals surface area contributed by atoms with Crippen LogP contribution in [0.25, 0.3) is 0 Å². The Morgan fingerprint density at radius 1 is 1.31 bits per heavy atom. The van der Waals surface area contributed by atoms with Crippen LogP contribution in [0.4, 0.5) is 0 Å². The highest BCUT2D eigenvalue weighted by atomic mass is 35.5. The fraction of sp³-hybridized carbons (Fsp3) is 0.632. The van der Waals surface area contributed by atoms with Gasteiger partial charge in [0, 0.05) is 31.8 Å². The Bertz CT molecular complexity index is 737. The lowest BCUT2D eigenvalue weighted by Gasteiger charge is -2.22. The molecule has 1 aromatic rings. The van der Waals surface area contributed by atoms with Crippen LogP contribution in [-0.4, -0.2) is 65.6 Å². The molecule has 29 heavy (non-hydrogen) atoms. The van der Waals surface area contributed by atoms with E-state index in [4.69, 9.17) is 21.1 Å². The Labute approximate surface area is 178 Å². The third-order valence-corrected chi connectivity index (χ3v) is 6.00. The zero-order valence-corrected chi connectivity index (χ0v) is 18.6. The Kier molecular flexibility index (Phi) is 9.99. The summed E-state index contributed by atoms with van der Waals surface area (Å²) in [6.07, 6.45) is 2.88. The molecular formula is C19H31ClN4O4S. The number of rotatable bonds is 10. The van der Waals surface area contributed by atoms with Gasteiger partial charge in [0.25, 0.3) is 0 Å². The average molecular weight is 447 g/mol. The maximum atomic E-state index is 12.1. The van der Waals surface area contributed by atoms with E-state index in [0.717, 1.165) is 25.0 Å². The van der Waals surface area contributed by atoms with Crippen LogP contribution in [0, 0.1) is 0 Å². The van der Waals surface area contributed by atoms with E-state index in [1.54, 1.807) is 19.2 Å². The van der Waals surface area contributed by atoms with E-state index < -0.39 is 10.0 Å². The van der Waals surface area contributed by atoms with Crippen molar-refractivity contribution in [1.29, 1.82) is 0 Å². The van der Waals surface area contributed by atoms with Crippen molar-refractivity contribution in [2.45, 2.75) is 38.4 Å². The molecule has 2 rings (SSSR count). The van der Waals surface area contributed by atoms with E-state index in [1.165, 1.54) is 0 Å². The van der Waals surface area contributed by atoms with Crippen LogP contribution >= 0.6 is 11.6 Å². The quantitative estimate of drug-likeness (QED) is 0.374. The Hall–Kier alpha value is -1.55. The minimum absolute atomic E-state index is 0.0250. The summed E-state index contributed by atoms with van der Waals surface area (Å²) in [5, 5.41) is 6.78. The molecule has 0 aromatic heterocycles. The highest BCUT2D eigenvalue weighted by molar-refractivity contribution is 7.89. The monoisotopic (exact) mass is 446 g/mol. The molecule has 1 aromatic carbocycles. The van der Waals surface area contributed by atoms with E-state index in [9.17, 15) is 8.42 Å². The molecule has 8 nitrogen and oxygen atoms in total. The van der Waals surface area contributed by atoms with Crippen LogP contribution in [0.1, 0.15) is 26.2 Å². The first kappa shape index (κ1) is 23.7. The molecule has 0 bridgehead atoms. The number of aliphatic imine (C=N–C) groups is 1. The van der Waals surface area contributed by atoms with Crippen molar-refractivity contribution < 1.29 is 17.9 Å². The van der Waals surface area contributed by atoms with Crippen LogP contribution in [0.5, 0.6) is 5.75 Å². The first-order chi connectivity index (χ1) is 13.9. The first-order valence-corrected chi connectivity index (χ1v) is 11.9. The largest absolute Gasteiger partial charge is 0.489 e. The Morgan fingerprint density at radius 2 is 2.07 bits per heavy atom. The molecule has 1 fully saturated rings. The molecule has 1 heterocycles. The lowest BCUT2D eigenvalue weighted by molar-refractivity contribution is 0.0200. The van der Waals surface area contributed by atoms with Gasteiger partial charge in [0.2, 0.25) is 10.0 Å². The van der Waals surface area contributed by atoms with Gasteiger partial charge in [0.15, 0.2) is 5.96 Å². The van der Waals surface area contributed by atoms with Gasteiger partial charge in [-0.15, -0.1) is 0 Å². The van der Waals surface area contributed by atoms with Gasteiger partial charge in [0.05, 0.1) is 18.4 Å². The summed E-state index contributed by atoms with van der Waals surface area (Å²) >= 11 is 5.86. The minimum Gasteiger partial charge on any atom is -0.489 e. The summed E-state index contributed by atoms with van der Waals surface area (Å²) in [6.45, 7) is 3.71. The molecule has 0 spiro atoms. The molecule has 2 unspecified atom stereocenters. The predicted octanol–water partition coefficient (Wildman–Crippen LogP) is 1.76. The standard InChI is InChI=1S/C19H31ClN4O4S/c1-15(28-17-8-6-16(20)7-9-17)13-23-19(21-2)22-10-12-29(25,26)24-14-18-5-3-4-11-27-18/h6-9,15,18,24H,3-5,10-14H2,1-2H3,(H2,21,22,23). The van der Waals surface area contributed by atoms with Crippen molar-refractivity contribution in [1.82, 2.24) is 15.4 Å². The van der Waals surface area contributed by atoms with Gasteiger partial charge >= 0.3 is 0 Å². The van der Waals surface area contributed by atoms with Crippen molar-refractivity contribution in [3.8, 4) is 5.75 Å². The first-order valence-electron chi connectivity index (χ1n) is 9.83. The van der Waals surface area contributed by atoms with Gasteiger partial charge in [-0.2, -0.15) is 0 Å². The van der Waals surface area contributed by atoms with Crippen LogP contribution in [0.2, 0.25) is 5.02 Å². The zero-order chi connectivity index (χ0) is 21.1. The van der Waals surface area contributed by atoms with Crippen LogP contribution in [0.3, 0.4) is 0 Å². The summed E-state index contributed by atoms with van der Waals surface area (Å²) in [4.78, 5) is 4.10. The molecule has 0 aliphatic carbocycles. The van der Waals surface area contributed by atoms with Crippen LogP contribution < -0.4 is 20.1 Å². The number of hydrogen-bond acceptors (Lipinski definition) is 5. The summed E-state index contributed by atoms with van der Waals surface area (Å²) in [6, 6.07) is 7.16. The highest BCUT2D eigenvalue weighted by Gasteiger charge is 2.17. The lowest BCUT2D eigenvalue weighted by Crippen LogP contribution is -2.44. The predicted molar refractivity (Wildman–Crippen MR) is 116 cm³/mol. The highest BCUT2D eigenvalue weighted by Crippen LogP contribution is 2.16. The van der Waals surface area contributed by atoms with Crippen molar-refractivity contribution >= 4 is 27.6 Å². The summed E-state index contributed by atoms with van der Waals surface area (Å²) in [7, 11) is -1.74. The molecular weight excluding hydrogens is 416 g/mol. The lowest BCUT2D eigenvalue weighted by atomic mass is 10.1. The number of benzene rings is 1. The molecule has 164 valence electrons. The summed E-state index contributed by atoms with van der Waals surface area (Å²) < 4.78 is 38.2. The van der Waals surface area contributed by atoms with Crippen molar-refractivity contribution in [2.24, 2.45) is 4.99 Å². The second-order valence-electron chi connectivity index (χ2n) is 6.92. The van der Waals surface area contributed by atoms with Crippen molar-refractivity contribution in [3.05, 3.63) is 29.3 Å². The van der Waals surface area contributed by atoms with Gasteiger partial charge in [0.1, 0.15) is 11.9 Å². The molecule has 0 radical (unpaired) electrons. The molecule has 0 saturated carbocycles. The number of hydrogen-bond donors (Lipinski definition) is 3. The number of guanidine groups is 1. The summed E-state index contributed by atoms with van der Waals surface area (Å²) in [5.74, 6) is 1.20. The summed E-state index contributed by atoms with van der Waals surface area (Å²) in [5.41, 5.74) is 0. The Morgan fingerprint density at radius 3 is 2.72 bits per heavy atom. The molecule has 1 saturated heterocycles. The minimum atomic E-state index is -3.37. The topological polar surface area (TPSA) is 101 Å². The molecule has 0 amide bonds. The number of nitrogens with one attached hydrogen (secondary N) is 3. The van der Waals surface area contributed by atoms with Crippen LogP contribution in [0.15, 0.2) is 29.3 Å². The average Bonchev–Trinajstić information content (AvgIpc) is 2.71. The number of nitrogens with zero attached hydrogens (tertiary/aromatic N) is 1. The fourth-order valence-electron chi connectivity index (χ4n) is 2.81. The van der Waals surface area contributed by atoms with Crippen molar-refractivity contribution in [2.75, 3.05) is 39.0 Å². The number of halogens is 1. The zero-order valence-electron chi connectivity index (χ0n) is 17.0. The molecule has 3 N–H and O–H groups in total. The van der Waals surface area contributed by atoms with E-state index in [0.29, 0.717) is 30.7 Å². The molecule has 1 aliphatic rings. The van der Waals surface area contributed by atoms with Gasteiger partial charge in [-0.05, 0) is 50.5 Å². The number of sulfonamides is 1. The normalized spacial score (nSPS) is 18.9. The second kappa shape index (κ2) is 12.2. The maximum Gasteiger partial charge on any atom is 0.213 e. The molecule has 2 atom stereocenters. The van der Waals surface area contributed by atoms with Crippen LogP contribution in [-0.2, 0) is 14.8 Å². The van der Waals surface area contributed by atoms with E-state index in [1.807, 2.05) is 19.1 Å². The smallest absolute Gasteiger partial charge is 0.213 e.